The topological polar surface area (TPSA) is 54.4 Å². The maximum Gasteiger partial charge on any atom is 0.316 e. The molecule has 0 unspecified atom stereocenters. The Morgan fingerprint density at radius 3 is 2.35 bits per heavy atom. The summed E-state index contributed by atoms with van der Waals surface area (Å²) in [6.07, 6.45) is 4.20. The fourth-order valence-electron chi connectivity index (χ4n) is 2.82. The van der Waals surface area contributed by atoms with Crippen LogP contribution in [0.2, 0.25) is 0 Å². The molecule has 0 aliphatic heterocycles. The molecule has 0 amide bonds. The molecule has 0 spiro atoms. The number of rotatable bonds is 3. The third-order valence-corrected chi connectivity index (χ3v) is 4.79. The Balaban J connectivity index is 0.00000192. The lowest BCUT2D eigenvalue weighted by Crippen LogP contribution is -2.04. The summed E-state index contributed by atoms with van der Waals surface area (Å²) in [6, 6.07) is 15.1. The van der Waals surface area contributed by atoms with Gasteiger partial charge < -0.3 is 0 Å². The second-order valence-corrected chi connectivity index (χ2v) is 6.54. The van der Waals surface area contributed by atoms with Gasteiger partial charge in [-0.25, -0.2) is 0 Å². The molecule has 0 radical (unpaired) electrons. The summed E-state index contributed by atoms with van der Waals surface area (Å²) in [6.45, 7) is 1.88. The van der Waals surface area contributed by atoms with Crippen LogP contribution in [0.5, 0.6) is 0 Å². The Morgan fingerprint density at radius 1 is 0.957 bits per heavy atom. The van der Waals surface area contributed by atoms with Crippen LogP contribution in [0.1, 0.15) is 12.5 Å². The van der Waals surface area contributed by atoms with Crippen molar-refractivity contribution >= 4 is 54.7 Å². The van der Waals surface area contributed by atoms with Crippen molar-refractivity contribution in [3.8, 4) is 0 Å². The highest BCUT2D eigenvalue weighted by molar-refractivity contribution is 7.86. The second kappa shape index (κ2) is 7.01. The fourth-order valence-corrected chi connectivity index (χ4v) is 3.75. The van der Waals surface area contributed by atoms with E-state index in [0.717, 1.165) is 16.2 Å². The molecule has 0 saturated heterocycles. The molecule has 0 bridgehead atoms. The van der Waals surface area contributed by atoms with E-state index in [4.69, 9.17) is 0 Å². The predicted octanol–water partition coefficient (Wildman–Crippen LogP) is 3.44. The monoisotopic (exact) mass is 338 g/mol. The molecule has 116 valence electrons. The highest BCUT2D eigenvalue weighted by Crippen LogP contribution is 2.32. The number of fused-ring (bicyclic) bond motifs is 3. The lowest BCUT2D eigenvalue weighted by atomic mass is 9.99. The Labute approximate surface area is 151 Å². The number of benzene rings is 3. The minimum Gasteiger partial charge on any atom is -0.282 e. The first-order valence-electron chi connectivity index (χ1n) is 7.04. The second-order valence-electron chi connectivity index (χ2n) is 5.18. The van der Waals surface area contributed by atoms with Gasteiger partial charge in [-0.1, -0.05) is 60.7 Å². The van der Waals surface area contributed by atoms with Crippen molar-refractivity contribution < 1.29 is 13.0 Å². The molecule has 3 rings (SSSR count). The predicted molar refractivity (Wildman–Crippen MR) is 98.3 cm³/mol. The quantitative estimate of drug-likeness (QED) is 0.344. The molecule has 3 aromatic rings. The first-order chi connectivity index (χ1) is 10.5. The summed E-state index contributed by atoms with van der Waals surface area (Å²) in [5, 5.41) is 3.40. The summed E-state index contributed by atoms with van der Waals surface area (Å²) >= 11 is 0. The van der Waals surface area contributed by atoms with Gasteiger partial charge in [-0.05, 0) is 35.1 Å². The van der Waals surface area contributed by atoms with Gasteiger partial charge in [0, 0.05) is 5.39 Å². The van der Waals surface area contributed by atoms with E-state index in [9.17, 15) is 13.0 Å². The third kappa shape index (κ3) is 3.43. The molecule has 0 aliphatic rings. The first kappa shape index (κ1) is 17.9. The lowest BCUT2D eigenvalue weighted by molar-refractivity contribution is 0.483. The first-order valence-corrected chi connectivity index (χ1v) is 8.48. The molecule has 0 fully saturated rings. The van der Waals surface area contributed by atoms with Crippen molar-refractivity contribution in [2.75, 3.05) is 0 Å². The van der Waals surface area contributed by atoms with E-state index in [2.05, 4.69) is 0 Å². The van der Waals surface area contributed by atoms with Crippen LogP contribution in [0.15, 0.2) is 65.6 Å². The Morgan fingerprint density at radius 2 is 1.65 bits per heavy atom. The average Bonchev–Trinajstić information content (AvgIpc) is 2.50. The zero-order valence-electron chi connectivity index (χ0n) is 12.2. The molecular weight excluding hydrogens is 321 g/mol. The van der Waals surface area contributed by atoms with Crippen LogP contribution in [-0.2, 0) is 16.5 Å². The van der Waals surface area contributed by atoms with Crippen LogP contribution in [0.4, 0.5) is 0 Å². The van der Waals surface area contributed by atoms with E-state index in [1.54, 1.807) is 12.1 Å². The van der Waals surface area contributed by atoms with E-state index >= 15 is 0 Å². The zero-order chi connectivity index (χ0) is 15.7. The van der Waals surface area contributed by atoms with Gasteiger partial charge in [-0.15, -0.1) is 0 Å². The van der Waals surface area contributed by atoms with Crippen molar-refractivity contribution in [3.05, 3.63) is 66.2 Å². The normalized spacial score (nSPS) is 11.9. The van der Waals surface area contributed by atoms with Crippen molar-refractivity contribution in [1.29, 1.82) is 0 Å². The number of allylic oxidation sites excluding steroid dienone is 2. The molecule has 23 heavy (non-hydrogen) atoms. The highest BCUT2D eigenvalue weighted by atomic mass is 32.2. The maximum absolute atomic E-state index is 11.9. The zero-order valence-corrected chi connectivity index (χ0v) is 13.0. The molecule has 0 atom stereocenters. The average molecular weight is 339 g/mol. The molecule has 0 aliphatic carbocycles. The summed E-state index contributed by atoms with van der Waals surface area (Å²) in [5.74, 6) is 0. The van der Waals surface area contributed by atoms with E-state index in [0.29, 0.717) is 17.4 Å². The van der Waals surface area contributed by atoms with Gasteiger partial charge in [0.1, 0.15) is 4.90 Å². The van der Waals surface area contributed by atoms with E-state index in [1.165, 1.54) is 0 Å². The molecular formula is C18H18MgO3S. The van der Waals surface area contributed by atoms with Crippen molar-refractivity contribution in [2.45, 2.75) is 18.2 Å². The SMILES string of the molecule is CC=CCc1ccc2c(ccc3ccccc32)c1S(=O)(=O)O.[MgH2]. The van der Waals surface area contributed by atoms with Gasteiger partial charge in [0.15, 0.2) is 0 Å². The summed E-state index contributed by atoms with van der Waals surface area (Å²) in [7, 11) is -4.29. The van der Waals surface area contributed by atoms with Gasteiger partial charge in [-0.3, -0.25) is 4.55 Å². The summed E-state index contributed by atoms with van der Waals surface area (Å²) < 4.78 is 33.5. The number of hydrogen-bond acceptors (Lipinski definition) is 2. The summed E-state index contributed by atoms with van der Waals surface area (Å²) in [4.78, 5) is 0.00820. The Bertz CT molecular complexity index is 992. The van der Waals surface area contributed by atoms with Gasteiger partial charge in [0.05, 0.1) is 0 Å². The minimum absolute atomic E-state index is 0. The lowest BCUT2D eigenvalue weighted by Gasteiger charge is -2.11. The van der Waals surface area contributed by atoms with Crippen molar-refractivity contribution in [3.63, 3.8) is 0 Å². The van der Waals surface area contributed by atoms with Gasteiger partial charge in [-0.2, -0.15) is 8.42 Å². The molecule has 3 nitrogen and oxygen atoms in total. The van der Waals surface area contributed by atoms with Crippen LogP contribution >= 0.6 is 0 Å². The van der Waals surface area contributed by atoms with E-state index in [-0.39, 0.29) is 27.9 Å². The number of hydrogen-bond donors (Lipinski definition) is 1. The van der Waals surface area contributed by atoms with Crippen LogP contribution in [0.3, 0.4) is 0 Å². The van der Waals surface area contributed by atoms with Gasteiger partial charge in [0.25, 0.3) is 10.1 Å². The Kier molecular flexibility index (Phi) is 5.47. The molecule has 0 aromatic heterocycles. The van der Waals surface area contributed by atoms with Crippen molar-refractivity contribution in [1.82, 2.24) is 0 Å². The van der Waals surface area contributed by atoms with Gasteiger partial charge >= 0.3 is 23.1 Å². The standard InChI is InChI=1S/C18H16O3S.Mg.2H/c1-2-3-6-14-10-11-16-15-8-5-4-7-13(15)9-12-17(16)18(14)22(19,20)21;;;/h2-5,7-12H,6H2,1H3,(H,19,20,21);;;. The van der Waals surface area contributed by atoms with Gasteiger partial charge in [0.2, 0.25) is 0 Å². The van der Waals surface area contributed by atoms with E-state index < -0.39 is 10.1 Å². The van der Waals surface area contributed by atoms with Crippen molar-refractivity contribution in [2.24, 2.45) is 0 Å². The molecule has 1 N–H and O–H groups in total. The largest absolute Gasteiger partial charge is 0.316 e. The maximum atomic E-state index is 11.9. The molecule has 0 saturated carbocycles. The van der Waals surface area contributed by atoms with Crippen LogP contribution in [0, 0.1) is 0 Å². The summed E-state index contributed by atoms with van der Waals surface area (Å²) in [5.41, 5.74) is 0.600. The molecule has 5 heteroatoms. The Hall–Kier alpha value is -1.40. The van der Waals surface area contributed by atoms with Crippen LogP contribution in [0.25, 0.3) is 21.5 Å². The smallest absolute Gasteiger partial charge is 0.282 e. The highest BCUT2D eigenvalue weighted by Gasteiger charge is 2.19. The van der Waals surface area contributed by atoms with Crippen LogP contribution in [-0.4, -0.2) is 36.0 Å². The third-order valence-electron chi connectivity index (χ3n) is 3.79. The van der Waals surface area contributed by atoms with Crippen LogP contribution < -0.4 is 0 Å². The fraction of sp³-hybridized carbons (Fsp3) is 0.111. The molecule has 0 heterocycles. The minimum atomic E-state index is -4.29. The molecule has 3 aromatic carbocycles. The van der Waals surface area contributed by atoms with E-state index in [1.807, 2.05) is 55.5 Å².